The molecule has 0 saturated carbocycles. The Morgan fingerprint density at radius 1 is 1.03 bits per heavy atom. The van der Waals surface area contributed by atoms with E-state index in [2.05, 4.69) is 17.5 Å². The summed E-state index contributed by atoms with van der Waals surface area (Å²) in [6.45, 7) is 5.94. The second-order valence-electron chi connectivity index (χ2n) is 7.05. The Labute approximate surface area is 174 Å². The third-order valence-corrected chi connectivity index (χ3v) is 4.84. The molecule has 0 atom stereocenters. The molecule has 2 aromatic carbocycles. The van der Waals surface area contributed by atoms with Gasteiger partial charge >= 0.3 is 6.18 Å². The molecule has 3 rings (SSSR count). The van der Waals surface area contributed by atoms with Crippen LogP contribution >= 0.6 is 0 Å². The predicted molar refractivity (Wildman–Crippen MR) is 110 cm³/mol. The van der Waals surface area contributed by atoms with Crippen molar-refractivity contribution >= 4 is 0 Å². The van der Waals surface area contributed by atoms with Crippen LogP contribution in [0.1, 0.15) is 27.9 Å². The number of nitrogens with zero attached hydrogens (tertiary/aromatic N) is 3. The predicted octanol–water partition coefficient (Wildman–Crippen LogP) is 5.62. The smallest absolute Gasteiger partial charge is 0.346 e. The maximum atomic E-state index is 13.0. The molecule has 0 unspecified atom stereocenters. The van der Waals surface area contributed by atoms with Gasteiger partial charge in [-0.1, -0.05) is 36.4 Å². The molecule has 0 radical (unpaired) electrons. The summed E-state index contributed by atoms with van der Waals surface area (Å²) >= 11 is 0. The second kappa shape index (κ2) is 9.47. The fourth-order valence-corrected chi connectivity index (χ4v) is 3.39. The number of hydrogen-bond donors (Lipinski definition) is 0. The minimum absolute atomic E-state index is 0.350. The number of alkyl halides is 3. The minimum Gasteiger partial charge on any atom is -0.346 e. The fraction of sp³-hybridized carbons (Fsp3) is 0.208. The lowest BCUT2D eigenvalue weighted by Gasteiger charge is -2.22. The van der Waals surface area contributed by atoms with Crippen molar-refractivity contribution in [3.8, 4) is 6.07 Å². The minimum atomic E-state index is -4.36. The summed E-state index contributed by atoms with van der Waals surface area (Å²) in [7, 11) is 0. The molecule has 3 aromatic rings. The zero-order valence-electron chi connectivity index (χ0n) is 16.4. The molecule has 0 fully saturated rings. The molecule has 0 bridgehead atoms. The monoisotopic (exact) mass is 409 g/mol. The summed E-state index contributed by atoms with van der Waals surface area (Å²) in [5.41, 5.74) is 2.48. The van der Waals surface area contributed by atoms with Crippen LogP contribution in [0.3, 0.4) is 0 Å². The van der Waals surface area contributed by atoms with E-state index in [0.717, 1.165) is 17.3 Å². The van der Waals surface area contributed by atoms with Gasteiger partial charge in [0.05, 0.1) is 17.2 Å². The highest BCUT2D eigenvalue weighted by Gasteiger charge is 2.30. The van der Waals surface area contributed by atoms with Gasteiger partial charge in [-0.25, -0.2) is 0 Å². The average molecular weight is 409 g/mol. The molecule has 3 nitrogen and oxygen atoms in total. The second-order valence-corrected chi connectivity index (χ2v) is 7.05. The van der Waals surface area contributed by atoms with Gasteiger partial charge in [-0.15, -0.1) is 6.58 Å². The van der Waals surface area contributed by atoms with Crippen molar-refractivity contribution in [2.75, 3.05) is 6.54 Å². The third kappa shape index (κ3) is 5.40. The number of aromatic nitrogens is 1. The van der Waals surface area contributed by atoms with Crippen LogP contribution in [0.5, 0.6) is 0 Å². The normalized spacial score (nSPS) is 11.4. The van der Waals surface area contributed by atoms with E-state index in [0.29, 0.717) is 37.3 Å². The Kier molecular flexibility index (Phi) is 6.76. The molecule has 0 amide bonds. The number of hydrogen-bond acceptors (Lipinski definition) is 2. The molecule has 1 aromatic heterocycles. The molecule has 0 N–H and O–H groups in total. The first kappa shape index (κ1) is 21.4. The van der Waals surface area contributed by atoms with E-state index in [1.54, 1.807) is 18.2 Å². The summed E-state index contributed by atoms with van der Waals surface area (Å²) in [5, 5.41) is 9.33. The summed E-state index contributed by atoms with van der Waals surface area (Å²) in [6.07, 6.45) is -0.690. The molecule has 154 valence electrons. The number of benzene rings is 2. The maximum Gasteiger partial charge on any atom is 0.416 e. The van der Waals surface area contributed by atoms with E-state index in [9.17, 15) is 18.4 Å². The lowest BCUT2D eigenvalue weighted by Crippen LogP contribution is -2.25. The van der Waals surface area contributed by atoms with Gasteiger partial charge in [0.2, 0.25) is 0 Å². The van der Waals surface area contributed by atoms with Gasteiger partial charge in [-0.2, -0.15) is 18.4 Å². The van der Waals surface area contributed by atoms with Crippen molar-refractivity contribution in [3.63, 3.8) is 0 Å². The van der Waals surface area contributed by atoms with Gasteiger partial charge < -0.3 is 4.57 Å². The molecule has 30 heavy (non-hydrogen) atoms. The first-order chi connectivity index (χ1) is 14.4. The van der Waals surface area contributed by atoms with E-state index in [1.807, 2.05) is 41.1 Å². The van der Waals surface area contributed by atoms with E-state index in [-0.39, 0.29) is 0 Å². The highest BCUT2D eigenvalue weighted by molar-refractivity contribution is 5.37. The van der Waals surface area contributed by atoms with Gasteiger partial charge in [-0.05, 0) is 41.5 Å². The van der Waals surface area contributed by atoms with Crippen LogP contribution < -0.4 is 0 Å². The lowest BCUT2D eigenvalue weighted by atomic mass is 10.1. The number of nitriles is 1. The summed E-state index contributed by atoms with van der Waals surface area (Å²) in [5.74, 6) is 0. The van der Waals surface area contributed by atoms with Crippen LogP contribution in [-0.2, 0) is 25.8 Å². The van der Waals surface area contributed by atoms with E-state index >= 15 is 0 Å². The molecule has 0 aliphatic rings. The molecule has 6 heteroatoms. The molecule has 0 aliphatic carbocycles. The summed E-state index contributed by atoms with van der Waals surface area (Å²) < 4.78 is 41.0. The Morgan fingerprint density at radius 3 is 2.57 bits per heavy atom. The van der Waals surface area contributed by atoms with Crippen LogP contribution in [-0.4, -0.2) is 16.0 Å². The van der Waals surface area contributed by atoms with Crippen LogP contribution in [0.25, 0.3) is 0 Å². The number of halogens is 3. The average Bonchev–Trinajstić information content (AvgIpc) is 3.14. The van der Waals surface area contributed by atoms with Gasteiger partial charge in [-0.3, -0.25) is 4.90 Å². The standard InChI is InChI=1S/C24H22F3N3/c1-2-12-29(17-21-9-4-3-8-20(21)15-28)18-23-11-6-13-30(23)16-19-7-5-10-22(14-19)24(25,26)27/h2-11,13-14H,1,12,16-18H2. The van der Waals surface area contributed by atoms with Crippen molar-refractivity contribution in [2.45, 2.75) is 25.8 Å². The molecule has 1 heterocycles. The van der Waals surface area contributed by atoms with Crippen molar-refractivity contribution in [1.29, 1.82) is 5.26 Å². The fourth-order valence-electron chi connectivity index (χ4n) is 3.39. The molecular formula is C24H22F3N3. The Hall–Kier alpha value is -3.30. The molecular weight excluding hydrogens is 387 g/mol. The summed E-state index contributed by atoms with van der Waals surface area (Å²) in [6, 6.07) is 18.9. The van der Waals surface area contributed by atoms with Crippen LogP contribution in [0, 0.1) is 11.3 Å². The Morgan fingerprint density at radius 2 is 1.83 bits per heavy atom. The Balaban J connectivity index is 1.78. The van der Waals surface area contributed by atoms with E-state index in [1.165, 1.54) is 12.1 Å². The molecule has 0 saturated heterocycles. The largest absolute Gasteiger partial charge is 0.416 e. The quantitative estimate of drug-likeness (QED) is 0.453. The van der Waals surface area contributed by atoms with Gasteiger partial charge in [0.25, 0.3) is 0 Å². The van der Waals surface area contributed by atoms with Crippen molar-refractivity contribution in [1.82, 2.24) is 9.47 Å². The van der Waals surface area contributed by atoms with Gasteiger partial charge in [0.1, 0.15) is 0 Å². The highest BCUT2D eigenvalue weighted by atomic mass is 19.4. The summed E-state index contributed by atoms with van der Waals surface area (Å²) in [4.78, 5) is 2.14. The number of rotatable bonds is 8. The highest BCUT2D eigenvalue weighted by Crippen LogP contribution is 2.29. The van der Waals surface area contributed by atoms with Crippen molar-refractivity contribution in [3.05, 3.63) is 107 Å². The SMILES string of the molecule is C=CCN(Cc1ccccc1C#N)Cc1cccn1Cc1cccc(C(F)(F)F)c1. The van der Waals surface area contributed by atoms with Gasteiger partial charge in [0.15, 0.2) is 0 Å². The third-order valence-electron chi connectivity index (χ3n) is 4.84. The molecule has 0 aliphatic heterocycles. The van der Waals surface area contributed by atoms with E-state index in [4.69, 9.17) is 0 Å². The molecule has 0 spiro atoms. The maximum absolute atomic E-state index is 13.0. The topological polar surface area (TPSA) is 32.0 Å². The first-order valence-corrected chi connectivity index (χ1v) is 9.52. The van der Waals surface area contributed by atoms with Crippen LogP contribution in [0.15, 0.2) is 79.5 Å². The zero-order valence-corrected chi connectivity index (χ0v) is 16.4. The van der Waals surface area contributed by atoms with Crippen molar-refractivity contribution < 1.29 is 13.2 Å². The van der Waals surface area contributed by atoms with Crippen molar-refractivity contribution in [2.24, 2.45) is 0 Å². The lowest BCUT2D eigenvalue weighted by molar-refractivity contribution is -0.137. The first-order valence-electron chi connectivity index (χ1n) is 9.52. The van der Waals surface area contributed by atoms with Crippen LogP contribution in [0.2, 0.25) is 0 Å². The Bertz CT molecular complexity index is 1040. The zero-order chi connectivity index (χ0) is 21.6. The van der Waals surface area contributed by atoms with E-state index < -0.39 is 11.7 Å². The van der Waals surface area contributed by atoms with Crippen LogP contribution in [0.4, 0.5) is 13.2 Å². The van der Waals surface area contributed by atoms with Gasteiger partial charge in [0, 0.05) is 38.1 Å².